The highest BCUT2D eigenvalue weighted by Gasteiger charge is 2.35. The second kappa shape index (κ2) is 8.08. The minimum absolute atomic E-state index is 0.0930. The van der Waals surface area contributed by atoms with Crippen molar-refractivity contribution in [3.05, 3.63) is 34.4 Å². The maximum atomic E-state index is 12.3. The lowest BCUT2D eigenvalue weighted by Crippen LogP contribution is -2.58. The maximum absolute atomic E-state index is 12.3. The molecule has 2 amide bonds. The average molecular weight is 351 g/mol. The van der Waals surface area contributed by atoms with Crippen LogP contribution in [0.2, 0.25) is 0 Å². The Morgan fingerprint density at radius 3 is 2.64 bits per heavy atom. The molecule has 0 radical (unpaired) electrons. The van der Waals surface area contributed by atoms with Gasteiger partial charge in [0, 0.05) is 25.2 Å². The fraction of sp³-hybridized carbons (Fsp3) is 0.400. The molecule has 0 aromatic heterocycles. The number of nitro benzene ring substituents is 1. The van der Waals surface area contributed by atoms with E-state index < -0.39 is 28.7 Å². The van der Waals surface area contributed by atoms with Gasteiger partial charge in [-0.15, -0.1) is 0 Å². The number of methoxy groups -OCH3 is 1. The first-order chi connectivity index (χ1) is 11.9. The van der Waals surface area contributed by atoms with Crippen molar-refractivity contribution < 1.29 is 28.8 Å². The van der Waals surface area contributed by atoms with E-state index in [1.807, 2.05) is 0 Å². The van der Waals surface area contributed by atoms with Crippen molar-refractivity contribution in [2.24, 2.45) is 0 Å². The fourth-order valence-electron chi connectivity index (χ4n) is 2.35. The highest BCUT2D eigenvalue weighted by molar-refractivity contribution is 5.92. The van der Waals surface area contributed by atoms with Crippen molar-refractivity contribution in [2.75, 3.05) is 26.8 Å². The Balaban J connectivity index is 1.98. The van der Waals surface area contributed by atoms with Gasteiger partial charge >= 0.3 is 5.97 Å². The summed E-state index contributed by atoms with van der Waals surface area (Å²) in [7, 11) is 1.20. The molecule has 0 bridgehead atoms. The van der Waals surface area contributed by atoms with Crippen molar-refractivity contribution >= 4 is 23.5 Å². The summed E-state index contributed by atoms with van der Waals surface area (Å²) in [4.78, 5) is 47.0. The summed E-state index contributed by atoms with van der Waals surface area (Å²) < 4.78 is 9.85. The Morgan fingerprint density at radius 2 is 2.04 bits per heavy atom. The number of esters is 1. The quantitative estimate of drug-likeness (QED) is 0.429. The van der Waals surface area contributed by atoms with Crippen LogP contribution in [0.5, 0.6) is 5.75 Å². The fourth-order valence-corrected chi connectivity index (χ4v) is 2.35. The summed E-state index contributed by atoms with van der Waals surface area (Å²) in [5, 5.41) is 13.2. The van der Waals surface area contributed by atoms with E-state index in [9.17, 15) is 24.5 Å². The van der Waals surface area contributed by atoms with Crippen molar-refractivity contribution in [3.63, 3.8) is 0 Å². The maximum Gasteiger partial charge on any atom is 0.308 e. The summed E-state index contributed by atoms with van der Waals surface area (Å²) >= 11 is 0. The van der Waals surface area contributed by atoms with Crippen LogP contribution in [0.3, 0.4) is 0 Å². The van der Waals surface area contributed by atoms with Crippen LogP contribution in [-0.2, 0) is 19.1 Å². The Hall–Kier alpha value is -3.17. The highest BCUT2D eigenvalue weighted by Crippen LogP contribution is 2.18. The van der Waals surface area contributed by atoms with Gasteiger partial charge in [0.25, 0.3) is 11.6 Å². The summed E-state index contributed by atoms with van der Waals surface area (Å²) in [6.07, 6.45) is -0.244. The average Bonchev–Trinajstić information content (AvgIpc) is 2.61. The topological polar surface area (TPSA) is 128 Å². The third-order valence-electron chi connectivity index (χ3n) is 3.65. The second-order valence-corrected chi connectivity index (χ2v) is 5.21. The molecule has 0 unspecified atom stereocenters. The molecule has 0 spiro atoms. The lowest BCUT2D eigenvalue weighted by molar-refractivity contribution is -0.384. The van der Waals surface area contributed by atoms with Crippen LogP contribution in [-0.4, -0.2) is 60.5 Å². The molecule has 0 saturated carbocycles. The molecular weight excluding hydrogens is 334 g/mol. The molecule has 1 heterocycles. The molecule has 1 N–H and O–H groups in total. The van der Waals surface area contributed by atoms with E-state index in [2.05, 4.69) is 10.1 Å². The van der Waals surface area contributed by atoms with Crippen LogP contribution in [0, 0.1) is 10.1 Å². The summed E-state index contributed by atoms with van der Waals surface area (Å²) in [5.74, 6) is -1.22. The third kappa shape index (κ3) is 4.66. The van der Waals surface area contributed by atoms with Crippen LogP contribution in [0.4, 0.5) is 5.69 Å². The van der Waals surface area contributed by atoms with Crippen LogP contribution in [0.1, 0.15) is 6.42 Å². The molecular formula is C15H17N3O7. The van der Waals surface area contributed by atoms with Gasteiger partial charge in [-0.2, -0.15) is 0 Å². The number of piperazine rings is 1. The highest BCUT2D eigenvalue weighted by atomic mass is 16.6. The van der Waals surface area contributed by atoms with Gasteiger partial charge in [-0.1, -0.05) is 0 Å². The van der Waals surface area contributed by atoms with Gasteiger partial charge in [0.1, 0.15) is 11.8 Å². The second-order valence-electron chi connectivity index (χ2n) is 5.21. The lowest BCUT2D eigenvalue weighted by Gasteiger charge is -2.34. The number of nitrogens with one attached hydrogen (secondary N) is 1. The molecule has 1 atom stereocenters. The minimum Gasteiger partial charge on any atom is -0.484 e. The first kappa shape index (κ1) is 18.2. The molecule has 1 aromatic carbocycles. The zero-order valence-electron chi connectivity index (χ0n) is 13.5. The Labute approximate surface area is 142 Å². The number of benzene rings is 1. The summed E-state index contributed by atoms with van der Waals surface area (Å²) in [6, 6.07) is 4.32. The molecule has 0 aliphatic carbocycles. The number of carbonyl (C=O) groups is 3. The number of hydrogen-bond acceptors (Lipinski definition) is 7. The van der Waals surface area contributed by atoms with Gasteiger partial charge in [-0.05, 0) is 12.1 Å². The molecule has 10 nitrogen and oxygen atoms in total. The van der Waals surface area contributed by atoms with Crippen molar-refractivity contribution in [2.45, 2.75) is 12.5 Å². The largest absolute Gasteiger partial charge is 0.484 e. The van der Waals surface area contributed by atoms with Crippen LogP contribution in [0.25, 0.3) is 0 Å². The standard InChI is InChI=1S/C15H17N3O7/c1-24-14(20)8-12-15(21)16-6-7-17(12)13(19)9-25-11-4-2-10(3-5-11)18(22)23/h2-5,12H,6-9H2,1H3,(H,16,21)/t12-/m0/s1. The minimum atomic E-state index is -0.950. The van der Waals surface area contributed by atoms with E-state index in [4.69, 9.17) is 4.74 Å². The molecule has 1 fully saturated rings. The van der Waals surface area contributed by atoms with E-state index in [-0.39, 0.29) is 37.6 Å². The molecule has 1 aromatic rings. The number of rotatable bonds is 6. The summed E-state index contributed by atoms with van der Waals surface area (Å²) in [6.45, 7) is 0.165. The zero-order chi connectivity index (χ0) is 18.4. The lowest BCUT2D eigenvalue weighted by atomic mass is 10.1. The first-order valence-corrected chi connectivity index (χ1v) is 7.43. The molecule has 25 heavy (non-hydrogen) atoms. The van der Waals surface area contributed by atoms with Crippen molar-refractivity contribution in [1.82, 2.24) is 10.2 Å². The monoisotopic (exact) mass is 351 g/mol. The number of non-ortho nitro benzene ring substituents is 1. The molecule has 1 aliphatic heterocycles. The van der Waals surface area contributed by atoms with Crippen LogP contribution >= 0.6 is 0 Å². The Bertz CT molecular complexity index is 674. The number of carbonyl (C=O) groups excluding carboxylic acids is 3. The van der Waals surface area contributed by atoms with Crippen molar-refractivity contribution in [1.29, 1.82) is 0 Å². The number of ether oxygens (including phenoxy) is 2. The van der Waals surface area contributed by atoms with Gasteiger partial charge in [-0.25, -0.2) is 0 Å². The van der Waals surface area contributed by atoms with Gasteiger partial charge in [-0.3, -0.25) is 24.5 Å². The van der Waals surface area contributed by atoms with E-state index in [0.29, 0.717) is 0 Å². The van der Waals surface area contributed by atoms with Gasteiger partial charge in [0.15, 0.2) is 6.61 Å². The predicted molar refractivity (Wildman–Crippen MR) is 83.7 cm³/mol. The van der Waals surface area contributed by atoms with E-state index >= 15 is 0 Å². The number of nitro groups is 1. The number of nitrogens with zero attached hydrogens (tertiary/aromatic N) is 2. The van der Waals surface area contributed by atoms with Crippen molar-refractivity contribution in [3.8, 4) is 5.75 Å². The smallest absolute Gasteiger partial charge is 0.308 e. The molecule has 2 rings (SSSR count). The number of hydrogen-bond donors (Lipinski definition) is 1. The van der Waals surface area contributed by atoms with Crippen LogP contribution in [0.15, 0.2) is 24.3 Å². The zero-order valence-corrected chi connectivity index (χ0v) is 13.5. The van der Waals surface area contributed by atoms with Gasteiger partial charge in [0.05, 0.1) is 18.5 Å². The van der Waals surface area contributed by atoms with Crippen LogP contribution < -0.4 is 10.1 Å². The Kier molecular flexibility index (Phi) is 5.88. The van der Waals surface area contributed by atoms with Gasteiger partial charge < -0.3 is 19.7 Å². The molecule has 134 valence electrons. The predicted octanol–water partition coefficient (Wildman–Crippen LogP) is -0.136. The van der Waals surface area contributed by atoms with E-state index in [0.717, 1.165) is 0 Å². The molecule has 10 heteroatoms. The Morgan fingerprint density at radius 1 is 1.36 bits per heavy atom. The molecule has 1 aliphatic rings. The summed E-state index contributed by atoms with van der Waals surface area (Å²) in [5.41, 5.74) is -0.0930. The van der Waals surface area contributed by atoms with E-state index in [1.54, 1.807) is 0 Å². The first-order valence-electron chi connectivity index (χ1n) is 7.43. The number of amides is 2. The molecule has 1 saturated heterocycles. The third-order valence-corrected chi connectivity index (χ3v) is 3.65. The SMILES string of the molecule is COC(=O)C[C@H]1C(=O)NCCN1C(=O)COc1ccc([N+](=O)[O-])cc1. The van der Waals surface area contributed by atoms with Gasteiger partial charge in [0.2, 0.25) is 5.91 Å². The van der Waals surface area contributed by atoms with E-state index in [1.165, 1.54) is 36.3 Å². The normalized spacial score (nSPS) is 16.8.